The number of nitrogens with zero attached hydrogens (tertiary/aromatic N) is 1. The number of aliphatic hydroxyl groups excluding tert-OH is 1. The summed E-state index contributed by atoms with van der Waals surface area (Å²) >= 11 is 0. The molecule has 1 aliphatic carbocycles. The molecule has 33 heavy (non-hydrogen) atoms. The van der Waals surface area contributed by atoms with Crippen LogP contribution in [0.4, 0.5) is 4.79 Å². The van der Waals surface area contributed by atoms with E-state index in [-0.39, 0.29) is 6.04 Å². The third-order valence-electron chi connectivity index (χ3n) is 5.40. The number of hydrogen-bond acceptors (Lipinski definition) is 5. The molecule has 8 nitrogen and oxygen atoms in total. The number of rotatable bonds is 7. The summed E-state index contributed by atoms with van der Waals surface area (Å²) in [5, 5.41) is 15.2. The third-order valence-corrected chi connectivity index (χ3v) is 5.40. The van der Waals surface area contributed by atoms with Crippen molar-refractivity contribution < 1.29 is 24.2 Å². The van der Waals surface area contributed by atoms with Crippen LogP contribution in [0.1, 0.15) is 70.0 Å². The second-order valence-corrected chi connectivity index (χ2v) is 9.38. The van der Waals surface area contributed by atoms with Gasteiger partial charge in [-0.05, 0) is 46.1 Å². The molecule has 0 spiro atoms. The minimum atomic E-state index is -1.37. The van der Waals surface area contributed by atoms with E-state index in [9.17, 15) is 19.5 Å². The van der Waals surface area contributed by atoms with E-state index in [2.05, 4.69) is 16.7 Å². The summed E-state index contributed by atoms with van der Waals surface area (Å²) in [6.07, 6.45) is 9.76. The number of ether oxygens (including phenoxy) is 1. The molecular formula is C25H35N3O5. The van der Waals surface area contributed by atoms with Crippen LogP contribution in [0.2, 0.25) is 0 Å². The van der Waals surface area contributed by atoms with Crippen molar-refractivity contribution in [2.45, 2.75) is 83.5 Å². The predicted molar refractivity (Wildman–Crippen MR) is 125 cm³/mol. The van der Waals surface area contributed by atoms with Crippen LogP contribution in [0.5, 0.6) is 0 Å². The average molecular weight is 458 g/mol. The SMILES string of the molecule is C#CN(C(=O)C(CO)NC(=O)OC(C)(C)C)C(C(=O)NC1CCCCC1)c1ccc(C)cc1. The molecule has 8 heteroatoms. The van der Waals surface area contributed by atoms with Gasteiger partial charge in [-0.1, -0.05) is 55.5 Å². The molecule has 180 valence electrons. The zero-order chi connectivity index (χ0) is 24.6. The second-order valence-electron chi connectivity index (χ2n) is 9.38. The topological polar surface area (TPSA) is 108 Å². The minimum absolute atomic E-state index is 0.0162. The summed E-state index contributed by atoms with van der Waals surface area (Å²) in [7, 11) is 0. The number of hydrogen-bond donors (Lipinski definition) is 3. The molecule has 0 saturated heterocycles. The minimum Gasteiger partial charge on any atom is -0.444 e. The number of nitrogens with one attached hydrogen (secondary N) is 2. The first-order chi connectivity index (χ1) is 15.6. The maximum absolute atomic E-state index is 13.3. The van der Waals surface area contributed by atoms with Crippen molar-refractivity contribution >= 4 is 17.9 Å². The Morgan fingerprint density at radius 3 is 2.30 bits per heavy atom. The van der Waals surface area contributed by atoms with Crippen LogP contribution in [-0.4, -0.2) is 52.2 Å². The lowest BCUT2D eigenvalue weighted by molar-refractivity contribution is -0.139. The number of carbonyl (C=O) groups is 3. The monoisotopic (exact) mass is 457 g/mol. The van der Waals surface area contributed by atoms with Gasteiger partial charge in [-0.15, -0.1) is 0 Å². The molecule has 2 unspecified atom stereocenters. The van der Waals surface area contributed by atoms with Gasteiger partial charge in [-0.25, -0.2) is 4.79 Å². The fourth-order valence-electron chi connectivity index (χ4n) is 3.76. The van der Waals surface area contributed by atoms with Gasteiger partial charge in [0.05, 0.1) is 6.61 Å². The number of aliphatic hydroxyl groups is 1. The fourth-order valence-corrected chi connectivity index (χ4v) is 3.76. The summed E-state index contributed by atoms with van der Waals surface area (Å²) in [6.45, 7) is 6.25. The number of benzene rings is 1. The Hall–Kier alpha value is -3.05. The maximum atomic E-state index is 13.3. The molecule has 3 amide bonds. The quantitative estimate of drug-likeness (QED) is 0.431. The molecule has 1 aliphatic rings. The van der Waals surface area contributed by atoms with Crippen LogP contribution in [0.15, 0.2) is 24.3 Å². The zero-order valence-corrected chi connectivity index (χ0v) is 19.9. The third kappa shape index (κ3) is 7.79. The largest absolute Gasteiger partial charge is 0.444 e. The molecular weight excluding hydrogens is 422 g/mol. The van der Waals surface area contributed by atoms with Crippen LogP contribution in [0.3, 0.4) is 0 Å². The highest BCUT2D eigenvalue weighted by Crippen LogP contribution is 2.24. The summed E-state index contributed by atoms with van der Waals surface area (Å²) in [4.78, 5) is 39.7. The Morgan fingerprint density at radius 1 is 1.18 bits per heavy atom. The van der Waals surface area contributed by atoms with Gasteiger partial charge in [0, 0.05) is 12.1 Å². The molecule has 2 rings (SSSR count). The molecule has 1 aromatic rings. The van der Waals surface area contributed by atoms with E-state index >= 15 is 0 Å². The summed E-state index contributed by atoms with van der Waals surface area (Å²) in [6, 6.07) is 6.97. The highest BCUT2D eigenvalue weighted by atomic mass is 16.6. The molecule has 1 aromatic carbocycles. The smallest absolute Gasteiger partial charge is 0.408 e. The molecule has 0 aliphatic heterocycles. The van der Waals surface area contributed by atoms with Crippen molar-refractivity contribution in [3.8, 4) is 12.5 Å². The van der Waals surface area contributed by atoms with Crippen molar-refractivity contribution in [3.05, 3.63) is 35.4 Å². The van der Waals surface area contributed by atoms with E-state index in [1.807, 2.05) is 19.1 Å². The molecule has 1 saturated carbocycles. The van der Waals surface area contributed by atoms with Crippen molar-refractivity contribution in [2.24, 2.45) is 0 Å². The van der Waals surface area contributed by atoms with Crippen LogP contribution >= 0.6 is 0 Å². The lowest BCUT2D eigenvalue weighted by Crippen LogP contribution is -2.53. The molecule has 0 aromatic heterocycles. The van der Waals surface area contributed by atoms with Crippen molar-refractivity contribution in [3.63, 3.8) is 0 Å². The van der Waals surface area contributed by atoms with Gasteiger partial charge >= 0.3 is 6.09 Å². The normalized spacial score (nSPS) is 16.1. The lowest BCUT2D eigenvalue weighted by atomic mass is 9.94. The predicted octanol–water partition coefficient (Wildman–Crippen LogP) is 2.79. The maximum Gasteiger partial charge on any atom is 0.408 e. The number of aryl methyl sites for hydroxylation is 1. The molecule has 0 heterocycles. The highest BCUT2D eigenvalue weighted by molar-refractivity contribution is 5.93. The van der Waals surface area contributed by atoms with Crippen molar-refractivity contribution in [1.29, 1.82) is 0 Å². The van der Waals surface area contributed by atoms with Gasteiger partial charge in [-0.2, -0.15) is 0 Å². The molecule has 1 fully saturated rings. The van der Waals surface area contributed by atoms with E-state index in [4.69, 9.17) is 11.2 Å². The first-order valence-electron chi connectivity index (χ1n) is 11.3. The Kier molecular flexibility index (Phi) is 9.30. The standard InChI is InChI=1S/C25H35N3O5/c1-6-28(23(31)20(16-29)27-24(32)33-25(3,4)5)21(18-14-12-17(2)13-15-18)22(30)26-19-10-8-7-9-11-19/h1,12-15,19-21,29H,7-11,16H2,2-5H3,(H,26,30)(H,27,32). The first kappa shape index (κ1) is 26.2. The first-order valence-corrected chi connectivity index (χ1v) is 11.3. The number of carbonyl (C=O) groups excluding carboxylic acids is 3. The molecule has 0 radical (unpaired) electrons. The average Bonchev–Trinajstić information content (AvgIpc) is 2.75. The second kappa shape index (κ2) is 11.7. The van der Waals surface area contributed by atoms with Crippen LogP contribution < -0.4 is 10.6 Å². The number of terminal acetylenes is 1. The summed E-state index contributed by atoms with van der Waals surface area (Å²) < 4.78 is 5.18. The Bertz CT molecular complexity index is 864. The molecule has 2 atom stereocenters. The van der Waals surface area contributed by atoms with E-state index in [1.54, 1.807) is 32.9 Å². The van der Waals surface area contributed by atoms with Gasteiger partial charge < -0.3 is 20.5 Å². The number of alkyl carbamates (subject to hydrolysis) is 1. The lowest BCUT2D eigenvalue weighted by Gasteiger charge is -2.31. The summed E-state index contributed by atoms with van der Waals surface area (Å²) in [5.74, 6) is -1.18. The van der Waals surface area contributed by atoms with Crippen molar-refractivity contribution in [1.82, 2.24) is 15.5 Å². The Labute approximate surface area is 196 Å². The zero-order valence-electron chi connectivity index (χ0n) is 19.9. The van der Waals surface area contributed by atoms with Crippen molar-refractivity contribution in [2.75, 3.05) is 6.61 Å². The van der Waals surface area contributed by atoms with E-state index in [0.717, 1.165) is 42.6 Å². The summed E-state index contributed by atoms with van der Waals surface area (Å²) in [5.41, 5.74) is 0.737. The van der Waals surface area contributed by atoms with E-state index < -0.39 is 42.2 Å². The van der Waals surface area contributed by atoms with Crippen LogP contribution in [0.25, 0.3) is 0 Å². The van der Waals surface area contributed by atoms with Gasteiger partial charge in [0.1, 0.15) is 17.7 Å². The van der Waals surface area contributed by atoms with E-state index in [0.29, 0.717) is 5.56 Å². The van der Waals surface area contributed by atoms with Gasteiger partial charge in [0.15, 0.2) is 0 Å². The molecule has 3 N–H and O–H groups in total. The highest BCUT2D eigenvalue weighted by Gasteiger charge is 2.36. The fraction of sp³-hybridized carbons (Fsp3) is 0.560. The Balaban J connectivity index is 2.30. The van der Waals surface area contributed by atoms with Gasteiger partial charge in [-0.3, -0.25) is 14.5 Å². The van der Waals surface area contributed by atoms with Gasteiger partial charge in [0.25, 0.3) is 5.91 Å². The van der Waals surface area contributed by atoms with E-state index in [1.165, 1.54) is 0 Å². The molecule has 0 bridgehead atoms. The van der Waals surface area contributed by atoms with Crippen LogP contribution in [0, 0.1) is 19.4 Å². The number of amides is 3. The van der Waals surface area contributed by atoms with Gasteiger partial charge in [0.2, 0.25) is 5.91 Å². The van der Waals surface area contributed by atoms with Crippen LogP contribution in [-0.2, 0) is 14.3 Å². The Morgan fingerprint density at radius 2 is 1.79 bits per heavy atom.